The van der Waals surface area contributed by atoms with E-state index in [0.717, 1.165) is 7.11 Å². The van der Waals surface area contributed by atoms with Gasteiger partial charge in [-0.25, -0.2) is 4.98 Å². The van der Waals surface area contributed by atoms with Crippen LogP contribution in [0.4, 0.5) is 13.2 Å². The first-order chi connectivity index (χ1) is 9.73. The smallest absolute Gasteiger partial charge is 0.406 e. The maximum absolute atomic E-state index is 12.5. The molecule has 5 nitrogen and oxygen atoms in total. The van der Waals surface area contributed by atoms with Crippen molar-refractivity contribution in [3.05, 3.63) is 28.5 Å². The lowest BCUT2D eigenvalue weighted by Gasteiger charge is -2.23. The minimum Gasteiger partial charge on any atom is -0.469 e. The molecular formula is C12H12BrF3N2O3. The second-order valence-corrected chi connectivity index (χ2v) is 4.83. The minimum absolute atomic E-state index is 0.140. The molecule has 1 aromatic rings. The Kier molecular flexibility index (Phi) is 6.13. The highest BCUT2D eigenvalue weighted by atomic mass is 79.9. The van der Waals surface area contributed by atoms with Gasteiger partial charge in [0.2, 0.25) is 0 Å². The van der Waals surface area contributed by atoms with Crippen LogP contribution in [0.2, 0.25) is 0 Å². The zero-order valence-electron chi connectivity index (χ0n) is 11.0. The maximum Gasteiger partial charge on any atom is 0.406 e. The quantitative estimate of drug-likeness (QED) is 0.591. The summed E-state index contributed by atoms with van der Waals surface area (Å²) in [6.45, 7) is -1.86. The number of nitrogens with zero attached hydrogens (tertiary/aromatic N) is 2. The average molecular weight is 369 g/mol. The van der Waals surface area contributed by atoms with Crippen LogP contribution in [0.1, 0.15) is 16.9 Å². The van der Waals surface area contributed by atoms with Crippen molar-refractivity contribution < 1.29 is 27.5 Å². The number of carbonyl (C=O) groups excluding carboxylic acids is 2. The Labute approximate surface area is 127 Å². The molecule has 0 unspecified atom stereocenters. The zero-order chi connectivity index (χ0) is 16.0. The Balaban J connectivity index is 2.89. The number of alkyl halides is 3. The summed E-state index contributed by atoms with van der Waals surface area (Å²) < 4.78 is 42.3. The molecule has 21 heavy (non-hydrogen) atoms. The third kappa shape index (κ3) is 6.11. The summed E-state index contributed by atoms with van der Waals surface area (Å²) in [4.78, 5) is 27.4. The van der Waals surface area contributed by atoms with Gasteiger partial charge in [0.25, 0.3) is 5.91 Å². The predicted octanol–water partition coefficient (Wildman–Crippen LogP) is 2.41. The van der Waals surface area contributed by atoms with Crippen molar-refractivity contribution in [2.75, 3.05) is 20.2 Å². The highest BCUT2D eigenvalue weighted by Crippen LogP contribution is 2.18. The van der Waals surface area contributed by atoms with Crippen molar-refractivity contribution in [1.29, 1.82) is 0 Å². The Hall–Kier alpha value is -1.64. The number of hydrogen-bond acceptors (Lipinski definition) is 4. The van der Waals surface area contributed by atoms with E-state index in [2.05, 4.69) is 25.7 Å². The Morgan fingerprint density at radius 3 is 2.57 bits per heavy atom. The number of hydrogen-bond donors (Lipinski definition) is 0. The number of ether oxygens (including phenoxy) is 1. The molecule has 0 spiro atoms. The molecule has 9 heteroatoms. The number of aromatic nitrogens is 1. The third-order valence-electron chi connectivity index (χ3n) is 2.41. The molecule has 1 amide bonds. The average Bonchev–Trinajstić information content (AvgIpc) is 2.41. The Morgan fingerprint density at radius 2 is 2.05 bits per heavy atom. The highest BCUT2D eigenvalue weighted by Gasteiger charge is 2.34. The number of pyridine rings is 1. The molecule has 1 rings (SSSR count). The van der Waals surface area contributed by atoms with E-state index in [9.17, 15) is 22.8 Å². The van der Waals surface area contributed by atoms with Crippen LogP contribution in [0, 0.1) is 0 Å². The molecule has 1 aromatic heterocycles. The first-order valence-corrected chi connectivity index (χ1v) is 6.57. The van der Waals surface area contributed by atoms with Crippen LogP contribution in [-0.2, 0) is 9.53 Å². The van der Waals surface area contributed by atoms with Gasteiger partial charge in [-0.2, -0.15) is 13.2 Å². The first-order valence-electron chi connectivity index (χ1n) is 5.78. The van der Waals surface area contributed by atoms with Crippen LogP contribution in [0.5, 0.6) is 0 Å². The van der Waals surface area contributed by atoms with Gasteiger partial charge >= 0.3 is 12.1 Å². The zero-order valence-corrected chi connectivity index (χ0v) is 12.6. The fourth-order valence-electron chi connectivity index (χ4n) is 1.49. The molecule has 0 bridgehead atoms. The number of esters is 1. The summed E-state index contributed by atoms with van der Waals surface area (Å²) in [7, 11) is 1.12. The number of amides is 1. The Bertz CT molecular complexity index is 523. The van der Waals surface area contributed by atoms with E-state index in [-0.39, 0.29) is 12.1 Å². The minimum atomic E-state index is -4.57. The van der Waals surface area contributed by atoms with E-state index < -0.39 is 31.1 Å². The van der Waals surface area contributed by atoms with Gasteiger partial charge in [-0.15, -0.1) is 0 Å². The normalized spacial score (nSPS) is 11.1. The molecule has 0 aliphatic carbocycles. The predicted molar refractivity (Wildman–Crippen MR) is 70.5 cm³/mol. The van der Waals surface area contributed by atoms with Crippen molar-refractivity contribution in [3.8, 4) is 0 Å². The standard InChI is InChI=1S/C12H12BrF3N2O3/c1-21-10(19)5-6-18(7-12(14,15)16)11(20)8-3-2-4-9(13)17-8/h2-4H,5-7H2,1H3. The fourth-order valence-corrected chi connectivity index (χ4v) is 1.83. The molecule has 0 saturated heterocycles. The summed E-state index contributed by atoms with van der Waals surface area (Å²) in [5.74, 6) is -1.60. The lowest BCUT2D eigenvalue weighted by molar-refractivity contribution is -0.147. The molecular weight excluding hydrogens is 357 g/mol. The molecule has 0 atom stereocenters. The van der Waals surface area contributed by atoms with Gasteiger partial charge in [0.15, 0.2) is 0 Å². The summed E-state index contributed by atoms with van der Waals surface area (Å²) in [6, 6.07) is 4.32. The largest absolute Gasteiger partial charge is 0.469 e. The van der Waals surface area contributed by atoms with Crippen molar-refractivity contribution in [2.24, 2.45) is 0 Å². The molecule has 1 heterocycles. The molecule has 0 aliphatic rings. The lowest BCUT2D eigenvalue weighted by Crippen LogP contribution is -2.40. The molecule has 0 aromatic carbocycles. The van der Waals surface area contributed by atoms with E-state index in [1.54, 1.807) is 6.07 Å². The maximum atomic E-state index is 12.5. The van der Waals surface area contributed by atoms with E-state index in [1.807, 2.05) is 0 Å². The monoisotopic (exact) mass is 368 g/mol. The van der Waals surface area contributed by atoms with Gasteiger partial charge in [-0.05, 0) is 28.1 Å². The number of halogens is 4. The summed E-state index contributed by atoms with van der Waals surface area (Å²) in [6.07, 6.45) is -4.90. The molecule has 0 radical (unpaired) electrons. The van der Waals surface area contributed by atoms with Crippen LogP contribution >= 0.6 is 15.9 Å². The van der Waals surface area contributed by atoms with E-state index in [1.165, 1.54) is 12.1 Å². The third-order valence-corrected chi connectivity index (χ3v) is 2.85. The SMILES string of the molecule is COC(=O)CCN(CC(F)(F)F)C(=O)c1cccc(Br)n1. The second kappa shape index (κ2) is 7.39. The van der Waals surface area contributed by atoms with Gasteiger partial charge in [-0.3, -0.25) is 9.59 Å². The van der Waals surface area contributed by atoms with Crippen molar-refractivity contribution in [2.45, 2.75) is 12.6 Å². The van der Waals surface area contributed by atoms with Gasteiger partial charge in [0, 0.05) is 6.54 Å². The van der Waals surface area contributed by atoms with Gasteiger partial charge in [0.05, 0.1) is 13.5 Å². The molecule has 0 aliphatic heterocycles. The molecule has 0 N–H and O–H groups in total. The topological polar surface area (TPSA) is 59.5 Å². The number of carbonyl (C=O) groups is 2. The van der Waals surface area contributed by atoms with Crippen LogP contribution in [-0.4, -0.2) is 48.1 Å². The molecule has 0 fully saturated rings. The molecule has 0 saturated carbocycles. The van der Waals surface area contributed by atoms with E-state index >= 15 is 0 Å². The first kappa shape index (κ1) is 17.4. The van der Waals surface area contributed by atoms with Crippen LogP contribution < -0.4 is 0 Å². The second-order valence-electron chi connectivity index (χ2n) is 4.01. The van der Waals surface area contributed by atoms with Crippen LogP contribution in [0.3, 0.4) is 0 Å². The summed E-state index contributed by atoms with van der Waals surface area (Å²) in [5.41, 5.74) is -0.140. The van der Waals surface area contributed by atoms with Crippen molar-refractivity contribution in [1.82, 2.24) is 9.88 Å². The number of rotatable bonds is 5. The fraction of sp³-hybridized carbons (Fsp3) is 0.417. The highest BCUT2D eigenvalue weighted by molar-refractivity contribution is 9.10. The Morgan fingerprint density at radius 1 is 1.38 bits per heavy atom. The van der Waals surface area contributed by atoms with Crippen molar-refractivity contribution >= 4 is 27.8 Å². The van der Waals surface area contributed by atoms with Crippen LogP contribution in [0.25, 0.3) is 0 Å². The molecule has 116 valence electrons. The van der Waals surface area contributed by atoms with E-state index in [4.69, 9.17) is 0 Å². The van der Waals surface area contributed by atoms with Crippen molar-refractivity contribution in [3.63, 3.8) is 0 Å². The van der Waals surface area contributed by atoms with Crippen LogP contribution in [0.15, 0.2) is 22.8 Å². The van der Waals surface area contributed by atoms with Gasteiger partial charge < -0.3 is 9.64 Å². The van der Waals surface area contributed by atoms with Gasteiger partial charge in [-0.1, -0.05) is 6.07 Å². The number of methoxy groups -OCH3 is 1. The van der Waals surface area contributed by atoms with E-state index in [0.29, 0.717) is 9.50 Å². The summed E-state index contributed by atoms with van der Waals surface area (Å²) in [5, 5.41) is 0. The van der Waals surface area contributed by atoms with Gasteiger partial charge in [0.1, 0.15) is 16.8 Å². The summed E-state index contributed by atoms with van der Waals surface area (Å²) >= 11 is 3.04. The lowest BCUT2D eigenvalue weighted by atomic mass is 10.3.